The molecule has 100 valence electrons. The van der Waals surface area contributed by atoms with Gasteiger partial charge in [0.1, 0.15) is 22.0 Å². The largest absolute Gasteiger partial charge is 0.478 e. The minimum absolute atomic E-state index is 0.0657. The Bertz CT molecular complexity index is 570. The van der Waals surface area contributed by atoms with Crippen molar-refractivity contribution in [2.75, 3.05) is 6.54 Å². The number of carbonyl (C=O) groups is 1. The minimum Gasteiger partial charge on any atom is -0.478 e. The van der Waals surface area contributed by atoms with Crippen molar-refractivity contribution in [3.8, 4) is 0 Å². The van der Waals surface area contributed by atoms with Gasteiger partial charge in [-0.25, -0.2) is 17.9 Å². The van der Waals surface area contributed by atoms with E-state index in [0.29, 0.717) is 6.42 Å². The van der Waals surface area contributed by atoms with E-state index in [0.717, 1.165) is 0 Å². The lowest BCUT2D eigenvalue weighted by Crippen LogP contribution is -2.26. The molecule has 0 aliphatic carbocycles. The van der Waals surface area contributed by atoms with Crippen LogP contribution in [0, 0.1) is 13.8 Å². The molecule has 0 fully saturated rings. The van der Waals surface area contributed by atoms with Gasteiger partial charge in [0.2, 0.25) is 10.0 Å². The fraction of sp³-hybridized carbons (Fsp3) is 0.364. The van der Waals surface area contributed by atoms with Crippen LogP contribution in [0.15, 0.2) is 22.0 Å². The Morgan fingerprint density at radius 2 is 2.06 bits per heavy atom. The normalized spacial score (nSPS) is 11.4. The third kappa shape index (κ3) is 2.80. The first-order chi connectivity index (χ1) is 8.31. The summed E-state index contributed by atoms with van der Waals surface area (Å²) < 4.78 is 31.4. The van der Waals surface area contributed by atoms with Gasteiger partial charge in [-0.05, 0) is 20.3 Å². The molecule has 2 N–H and O–H groups in total. The standard InChI is InChI=1S/C11H15NO5S/c1-4-5-6-12-18(15,16)10-8(3)17-7(2)9(10)11(13)14/h4,12H,1,5-6H2,2-3H3,(H,13,14). The van der Waals surface area contributed by atoms with Gasteiger partial charge in [-0.1, -0.05) is 6.08 Å². The molecule has 7 heteroatoms. The zero-order chi connectivity index (χ0) is 13.9. The van der Waals surface area contributed by atoms with E-state index < -0.39 is 16.0 Å². The van der Waals surface area contributed by atoms with Gasteiger partial charge in [0.05, 0.1) is 0 Å². The maximum Gasteiger partial charge on any atom is 0.340 e. The third-order valence-corrected chi connectivity index (χ3v) is 3.94. The number of sulfonamides is 1. The second kappa shape index (κ2) is 5.36. The predicted molar refractivity (Wildman–Crippen MR) is 65.1 cm³/mol. The zero-order valence-electron chi connectivity index (χ0n) is 10.2. The zero-order valence-corrected chi connectivity index (χ0v) is 11.0. The number of rotatable bonds is 6. The highest BCUT2D eigenvalue weighted by Crippen LogP contribution is 2.26. The van der Waals surface area contributed by atoms with Crippen molar-refractivity contribution >= 4 is 16.0 Å². The van der Waals surface area contributed by atoms with Crippen LogP contribution in [-0.4, -0.2) is 26.0 Å². The summed E-state index contributed by atoms with van der Waals surface area (Å²) in [4.78, 5) is 10.8. The molecule has 0 radical (unpaired) electrons. The van der Waals surface area contributed by atoms with Gasteiger partial charge in [-0.2, -0.15) is 0 Å². The maximum absolute atomic E-state index is 12.0. The Labute approximate surface area is 105 Å². The monoisotopic (exact) mass is 273 g/mol. The topological polar surface area (TPSA) is 96.6 Å². The van der Waals surface area contributed by atoms with Crippen molar-refractivity contribution in [2.45, 2.75) is 25.2 Å². The first-order valence-corrected chi connectivity index (χ1v) is 6.73. The molecule has 1 rings (SSSR count). The molecular weight excluding hydrogens is 258 g/mol. The number of hydrogen-bond acceptors (Lipinski definition) is 4. The van der Waals surface area contributed by atoms with E-state index in [2.05, 4.69) is 11.3 Å². The second-order valence-electron chi connectivity index (χ2n) is 3.70. The molecule has 0 saturated carbocycles. The highest BCUT2D eigenvalue weighted by Gasteiger charge is 2.30. The van der Waals surface area contributed by atoms with Crippen LogP contribution in [0.5, 0.6) is 0 Å². The fourth-order valence-corrected chi connectivity index (χ4v) is 3.05. The van der Waals surface area contributed by atoms with Crippen LogP contribution >= 0.6 is 0 Å². The van der Waals surface area contributed by atoms with Crippen molar-refractivity contribution < 1.29 is 22.7 Å². The maximum atomic E-state index is 12.0. The molecule has 0 aromatic carbocycles. The van der Waals surface area contributed by atoms with E-state index in [-0.39, 0.29) is 28.5 Å². The predicted octanol–water partition coefficient (Wildman–Crippen LogP) is 1.45. The van der Waals surface area contributed by atoms with Crippen LogP contribution in [0.1, 0.15) is 28.3 Å². The summed E-state index contributed by atoms with van der Waals surface area (Å²) in [5.74, 6) is -1.19. The van der Waals surface area contributed by atoms with Gasteiger partial charge in [-0.15, -0.1) is 6.58 Å². The smallest absolute Gasteiger partial charge is 0.340 e. The molecule has 6 nitrogen and oxygen atoms in total. The SMILES string of the molecule is C=CCCNS(=O)(=O)c1c(C)oc(C)c1C(=O)O. The van der Waals surface area contributed by atoms with Crippen LogP contribution in [0.4, 0.5) is 0 Å². The van der Waals surface area contributed by atoms with E-state index in [4.69, 9.17) is 9.52 Å². The minimum atomic E-state index is -3.89. The summed E-state index contributed by atoms with van der Waals surface area (Å²) in [7, 11) is -3.89. The first-order valence-electron chi connectivity index (χ1n) is 5.25. The Hall–Kier alpha value is -1.60. The Morgan fingerprint density at radius 1 is 1.44 bits per heavy atom. The van der Waals surface area contributed by atoms with Crippen molar-refractivity contribution in [3.63, 3.8) is 0 Å². The lowest BCUT2D eigenvalue weighted by molar-refractivity contribution is 0.0691. The van der Waals surface area contributed by atoms with Crippen molar-refractivity contribution in [1.82, 2.24) is 4.72 Å². The highest BCUT2D eigenvalue weighted by atomic mass is 32.2. The number of aryl methyl sites for hydroxylation is 2. The average molecular weight is 273 g/mol. The third-order valence-electron chi connectivity index (χ3n) is 2.33. The molecule has 0 bridgehead atoms. The van der Waals surface area contributed by atoms with Crippen LogP contribution in [-0.2, 0) is 10.0 Å². The van der Waals surface area contributed by atoms with Crippen LogP contribution in [0.2, 0.25) is 0 Å². The summed E-state index contributed by atoms with van der Waals surface area (Å²) in [6.45, 7) is 6.47. The lowest BCUT2D eigenvalue weighted by Gasteiger charge is -2.05. The molecule has 0 aliphatic heterocycles. The van der Waals surface area contributed by atoms with Gasteiger partial charge >= 0.3 is 5.97 Å². The van der Waals surface area contributed by atoms with Gasteiger partial charge in [0.15, 0.2) is 0 Å². The van der Waals surface area contributed by atoms with Gasteiger partial charge in [0, 0.05) is 6.54 Å². The quantitative estimate of drug-likeness (QED) is 0.604. The van der Waals surface area contributed by atoms with Crippen molar-refractivity contribution in [2.24, 2.45) is 0 Å². The Kier molecular flexibility index (Phi) is 4.31. The molecule has 0 aliphatic rings. The molecule has 0 unspecified atom stereocenters. The molecular formula is C11H15NO5S. The van der Waals surface area contributed by atoms with Gasteiger partial charge in [-0.3, -0.25) is 0 Å². The summed E-state index contributed by atoms with van der Waals surface area (Å²) in [6, 6.07) is 0. The molecule has 1 aromatic heterocycles. The highest BCUT2D eigenvalue weighted by molar-refractivity contribution is 7.89. The molecule has 1 heterocycles. The summed E-state index contributed by atoms with van der Waals surface area (Å²) >= 11 is 0. The summed E-state index contributed by atoms with van der Waals surface area (Å²) in [6.07, 6.45) is 2.02. The second-order valence-corrected chi connectivity index (χ2v) is 5.40. The number of hydrogen-bond donors (Lipinski definition) is 2. The Balaban J connectivity index is 3.23. The average Bonchev–Trinajstić information content (AvgIpc) is 2.54. The molecule has 18 heavy (non-hydrogen) atoms. The molecule has 1 aromatic rings. The molecule has 0 spiro atoms. The van der Waals surface area contributed by atoms with Crippen molar-refractivity contribution in [3.05, 3.63) is 29.7 Å². The van der Waals surface area contributed by atoms with E-state index in [1.807, 2.05) is 0 Å². The number of furan rings is 1. The lowest BCUT2D eigenvalue weighted by atomic mass is 10.2. The number of carboxylic acids is 1. The molecule has 0 saturated heterocycles. The van der Waals surface area contributed by atoms with E-state index >= 15 is 0 Å². The van der Waals surface area contributed by atoms with Gasteiger partial charge in [0.25, 0.3) is 0 Å². The number of nitrogens with one attached hydrogen (secondary N) is 1. The van der Waals surface area contributed by atoms with E-state index in [1.165, 1.54) is 13.8 Å². The first kappa shape index (κ1) is 14.5. The fourth-order valence-electron chi connectivity index (χ4n) is 1.60. The molecule has 0 atom stereocenters. The van der Waals surface area contributed by atoms with Gasteiger partial charge < -0.3 is 9.52 Å². The van der Waals surface area contributed by atoms with Crippen LogP contribution in [0.3, 0.4) is 0 Å². The van der Waals surface area contributed by atoms with Crippen LogP contribution in [0.25, 0.3) is 0 Å². The van der Waals surface area contributed by atoms with Crippen LogP contribution < -0.4 is 4.72 Å². The summed E-state index contributed by atoms with van der Waals surface area (Å²) in [5.41, 5.74) is -0.321. The Morgan fingerprint density at radius 3 is 2.56 bits per heavy atom. The van der Waals surface area contributed by atoms with Crippen molar-refractivity contribution in [1.29, 1.82) is 0 Å². The number of aromatic carboxylic acids is 1. The van der Waals surface area contributed by atoms with E-state index in [9.17, 15) is 13.2 Å². The number of carboxylic acid groups (broad SMARTS) is 1. The molecule has 0 amide bonds. The summed E-state index contributed by atoms with van der Waals surface area (Å²) in [5, 5.41) is 9.03. The van der Waals surface area contributed by atoms with E-state index in [1.54, 1.807) is 6.08 Å².